The van der Waals surface area contributed by atoms with Gasteiger partial charge in [-0.3, -0.25) is 0 Å². The molecule has 0 heterocycles. The summed E-state index contributed by atoms with van der Waals surface area (Å²) in [4.78, 5) is 0. The number of alkyl halides is 1. The van der Waals surface area contributed by atoms with Crippen molar-refractivity contribution < 1.29 is 9.47 Å². The minimum Gasteiger partial charge on any atom is -0.493 e. The van der Waals surface area contributed by atoms with Crippen LogP contribution in [0.25, 0.3) is 0 Å². The zero-order valence-electron chi connectivity index (χ0n) is 12.2. The first-order valence-electron chi connectivity index (χ1n) is 7.11. The molecule has 0 saturated carbocycles. The van der Waals surface area contributed by atoms with Gasteiger partial charge in [-0.15, -0.1) is 0 Å². The van der Waals surface area contributed by atoms with E-state index in [4.69, 9.17) is 9.47 Å². The molecule has 0 fully saturated rings. The number of ether oxygens (including phenoxy) is 2. The first-order valence-corrected chi connectivity index (χ1v) is 8.24. The average molecular weight is 329 g/mol. The van der Waals surface area contributed by atoms with Gasteiger partial charge >= 0.3 is 0 Å². The van der Waals surface area contributed by atoms with E-state index in [2.05, 4.69) is 42.8 Å². The highest BCUT2D eigenvalue weighted by Crippen LogP contribution is 2.27. The molecule has 0 aromatic heterocycles. The lowest BCUT2D eigenvalue weighted by molar-refractivity contribution is 0.288. The molecule has 3 heteroatoms. The van der Waals surface area contributed by atoms with Gasteiger partial charge < -0.3 is 9.47 Å². The van der Waals surface area contributed by atoms with Gasteiger partial charge in [0, 0.05) is 17.0 Å². The van der Waals surface area contributed by atoms with Crippen LogP contribution < -0.4 is 9.47 Å². The Morgan fingerprint density at radius 1 is 1.16 bits per heavy atom. The van der Waals surface area contributed by atoms with E-state index in [1.807, 2.05) is 12.1 Å². The largest absolute Gasteiger partial charge is 0.493 e. The van der Waals surface area contributed by atoms with Gasteiger partial charge in [0.05, 0.1) is 13.2 Å². The van der Waals surface area contributed by atoms with Crippen molar-refractivity contribution in [3.05, 3.63) is 23.8 Å². The molecule has 1 rings (SSSR count). The Kier molecular flexibility index (Phi) is 7.96. The van der Waals surface area contributed by atoms with E-state index in [0.29, 0.717) is 0 Å². The molecule has 0 spiro atoms. The van der Waals surface area contributed by atoms with Crippen LogP contribution in [0.2, 0.25) is 0 Å². The fourth-order valence-electron chi connectivity index (χ4n) is 1.76. The lowest BCUT2D eigenvalue weighted by Gasteiger charge is -2.13. The van der Waals surface area contributed by atoms with E-state index in [1.165, 1.54) is 12.0 Å². The van der Waals surface area contributed by atoms with Gasteiger partial charge in [-0.25, -0.2) is 0 Å². The van der Waals surface area contributed by atoms with Crippen LogP contribution in [0.4, 0.5) is 0 Å². The summed E-state index contributed by atoms with van der Waals surface area (Å²) < 4.78 is 11.5. The molecule has 0 aliphatic carbocycles. The van der Waals surface area contributed by atoms with Gasteiger partial charge in [0.15, 0.2) is 0 Å². The summed E-state index contributed by atoms with van der Waals surface area (Å²) in [6.07, 6.45) is 3.32. The van der Waals surface area contributed by atoms with Gasteiger partial charge in [0.25, 0.3) is 0 Å². The molecule has 0 N–H and O–H groups in total. The number of rotatable bonds is 9. The van der Waals surface area contributed by atoms with Crippen LogP contribution in [0.5, 0.6) is 11.5 Å². The molecule has 19 heavy (non-hydrogen) atoms. The third kappa shape index (κ3) is 6.33. The van der Waals surface area contributed by atoms with Gasteiger partial charge in [0.1, 0.15) is 11.5 Å². The lowest BCUT2D eigenvalue weighted by Crippen LogP contribution is -2.02. The molecular weight excluding hydrogens is 304 g/mol. The third-order valence-corrected chi connectivity index (χ3v) is 3.44. The number of hydrogen-bond donors (Lipinski definition) is 0. The Morgan fingerprint density at radius 2 is 1.95 bits per heavy atom. The van der Waals surface area contributed by atoms with E-state index in [9.17, 15) is 0 Å². The highest BCUT2D eigenvalue weighted by molar-refractivity contribution is 9.08. The number of hydrogen-bond acceptors (Lipinski definition) is 2. The fourth-order valence-corrected chi connectivity index (χ4v) is 2.23. The molecule has 2 nitrogen and oxygen atoms in total. The van der Waals surface area contributed by atoms with E-state index in [-0.39, 0.29) is 0 Å². The molecule has 0 unspecified atom stereocenters. The van der Waals surface area contributed by atoms with E-state index in [1.54, 1.807) is 0 Å². The molecule has 0 radical (unpaired) electrons. The first kappa shape index (κ1) is 16.4. The first-order chi connectivity index (χ1) is 9.17. The minimum atomic E-state index is 0.735. The van der Waals surface area contributed by atoms with Crippen LogP contribution in [0.15, 0.2) is 18.2 Å². The quantitative estimate of drug-likeness (QED) is 0.459. The second-order valence-electron chi connectivity index (χ2n) is 5.14. The zero-order chi connectivity index (χ0) is 14.1. The maximum Gasteiger partial charge on any atom is 0.127 e. The summed E-state index contributed by atoms with van der Waals surface area (Å²) >= 11 is 3.50. The Labute approximate surface area is 125 Å². The minimum absolute atomic E-state index is 0.735. The molecular formula is C16H25BrO2. The maximum atomic E-state index is 5.89. The third-order valence-electron chi connectivity index (χ3n) is 2.84. The molecule has 0 amide bonds. The van der Waals surface area contributed by atoms with E-state index < -0.39 is 0 Å². The van der Waals surface area contributed by atoms with Gasteiger partial charge in [0.2, 0.25) is 0 Å². The Morgan fingerprint density at radius 3 is 2.58 bits per heavy atom. The van der Waals surface area contributed by atoms with Crippen LogP contribution in [-0.4, -0.2) is 13.2 Å². The van der Waals surface area contributed by atoms with Gasteiger partial charge in [-0.2, -0.15) is 0 Å². The summed E-state index contributed by atoms with van der Waals surface area (Å²) in [5.74, 6) is 2.57. The smallest absolute Gasteiger partial charge is 0.127 e. The van der Waals surface area contributed by atoms with Crippen molar-refractivity contribution in [2.24, 2.45) is 5.92 Å². The predicted octanol–water partition coefficient (Wildman–Crippen LogP) is 5.19. The van der Waals surface area contributed by atoms with Gasteiger partial charge in [-0.1, -0.05) is 42.8 Å². The van der Waals surface area contributed by atoms with E-state index in [0.717, 1.165) is 48.8 Å². The highest BCUT2D eigenvalue weighted by Gasteiger charge is 2.05. The highest BCUT2D eigenvalue weighted by atomic mass is 79.9. The lowest BCUT2D eigenvalue weighted by atomic mass is 10.1. The van der Waals surface area contributed by atoms with Crippen LogP contribution in [0.3, 0.4) is 0 Å². The molecule has 0 bridgehead atoms. The SMILES string of the molecule is CCCOc1ccc(CBr)c(OCCCC(C)C)c1. The molecule has 1 aromatic rings. The number of benzene rings is 1. The van der Waals surface area contributed by atoms with Crippen LogP contribution >= 0.6 is 15.9 Å². The Balaban J connectivity index is 2.57. The summed E-state index contributed by atoms with van der Waals surface area (Å²) in [5, 5.41) is 0.806. The normalized spacial score (nSPS) is 10.8. The molecule has 0 atom stereocenters. The summed E-state index contributed by atoms with van der Waals surface area (Å²) in [6.45, 7) is 8.11. The molecule has 0 aliphatic rings. The summed E-state index contributed by atoms with van der Waals surface area (Å²) in [6, 6.07) is 6.08. The monoisotopic (exact) mass is 328 g/mol. The van der Waals surface area contributed by atoms with Crippen molar-refractivity contribution in [1.29, 1.82) is 0 Å². The fraction of sp³-hybridized carbons (Fsp3) is 0.625. The van der Waals surface area contributed by atoms with Crippen LogP contribution in [-0.2, 0) is 5.33 Å². The molecule has 0 aliphatic heterocycles. The van der Waals surface area contributed by atoms with Crippen molar-refractivity contribution in [2.75, 3.05) is 13.2 Å². The Bertz CT molecular complexity index is 364. The van der Waals surface area contributed by atoms with Crippen LogP contribution in [0, 0.1) is 5.92 Å². The molecule has 108 valence electrons. The van der Waals surface area contributed by atoms with Crippen molar-refractivity contribution in [2.45, 2.75) is 45.4 Å². The zero-order valence-corrected chi connectivity index (χ0v) is 13.8. The van der Waals surface area contributed by atoms with Crippen LogP contribution in [0.1, 0.15) is 45.6 Å². The average Bonchev–Trinajstić information content (AvgIpc) is 2.41. The standard InChI is InChI=1S/C16H25BrO2/c1-4-9-18-15-8-7-14(12-17)16(11-15)19-10-5-6-13(2)3/h7-8,11,13H,4-6,9-10,12H2,1-3H3. The van der Waals surface area contributed by atoms with Crippen molar-refractivity contribution >= 4 is 15.9 Å². The second-order valence-corrected chi connectivity index (χ2v) is 5.70. The number of halogens is 1. The second kappa shape index (κ2) is 9.24. The Hall–Kier alpha value is -0.700. The predicted molar refractivity (Wildman–Crippen MR) is 84.4 cm³/mol. The van der Waals surface area contributed by atoms with Crippen molar-refractivity contribution in [1.82, 2.24) is 0 Å². The van der Waals surface area contributed by atoms with Crippen molar-refractivity contribution in [3.63, 3.8) is 0 Å². The van der Waals surface area contributed by atoms with Crippen molar-refractivity contribution in [3.8, 4) is 11.5 Å². The van der Waals surface area contributed by atoms with E-state index >= 15 is 0 Å². The van der Waals surface area contributed by atoms with Gasteiger partial charge in [-0.05, 0) is 31.2 Å². The summed E-state index contributed by atoms with van der Waals surface area (Å²) in [5.41, 5.74) is 1.17. The molecule has 1 aromatic carbocycles. The molecule has 0 saturated heterocycles. The maximum absolute atomic E-state index is 5.89. The topological polar surface area (TPSA) is 18.5 Å². The summed E-state index contributed by atoms with van der Waals surface area (Å²) in [7, 11) is 0.